The van der Waals surface area contributed by atoms with Crippen molar-refractivity contribution in [3.05, 3.63) is 209 Å². The number of pyridine rings is 4. The Bertz CT molecular complexity index is 4530. The van der Waals surface area contributed by atoms with Crippen LogP contribution in [0, 0.1) is 17.5 Å². The normalized spacial score (nSPS) is 15.0. The van der Waals surface area contributed by atoms with Gasteiger partial charge in [-0.05, 0) is 102 Å². The van der Waals surface area contributed by atoms with E-state index >= 15 is 0 Å². The third kappa shape index (κ3) is 23.2. The van der Waals surface area contributed by atoms with Crippen molar-refractivity contribution in [2.75, 3.05) is 80.2 Å². The van der Waals surface area contributed by atoms with Crippen LogP contribution in [-0.4, -0.2) is 201 Å². The maximum atomic E-state index is 13.0. The Morgan fingerprint density at radius 3 is 1.43 bits per heavy atom. The largest absolute Gasteiger partial charge is 0.504 e. The zero-order chi connectivity index (χ0) is 73.7. The predicted molar refractivity (Wildman–Crippen MR) is 361 cm³/mol. The molecule has 544 valence electrons. The van der Waals surface area contributed by atoms with Gasteiger partial charge in [-0.1, -0.05) is 43.8 Å². The Balaban J connectivity index is 0.000000231. The van der Waals surface area contributed by atoms with E-state index in [0.717, 1.165) is 74.3 Å². The highest BCUT2D eigenvalue weighted by atomic mass is 36.0. The SMILES string of the molecule is C.COC(=O)c1ncccc1S(=O)(=O)Cl.COC(=O)c1ncccc1S(=O)(=O)N1CCN(Cc2ccc(F)cc2)C(=O)C1.COC(=O)c1ncccc1S(=O)(=O)O.Fc1ccc(CN2CCNCC2)cc1.O=C1C2=C(O)c3ncccc3S(=O)(=O)N2CCN1Cc1ccc(F)cc1.O=S(Cl)Cl. The molecule has 0 spiro atoms. The number of carbonyl (C=O) groups is 5. The summed E-state index contributed by atoms with van der Waals surface area (Å²) in [5.74, 6) is -5.00. The maximum Gasteiger partial charge on any atom is 0.358 e. The fourth-order valence-electron chi connectivity index (χ4n) is 9.37. The van der Waals surface area contributed by atoms with Gasteiger partial charge in [0.25, 0.3) is 35.1 Å². The van der Waals surface area contributed by atoms with Gasteiger partial charge >= 0.3 is 17.9 Å². The maximum absolute atomic E-state index is 13.0. The molecule has 3 fully saturated rings. The first-order valence-electron chi connectivity index (χ1n) is 28.6. The number of piperazine rings is 3. The third-order valence-corrected chi connectivity index (χ3v) is 20.0. The number of aromatic nitrogens is 4. The standard InChI is InChI=1S/C18H18FN3O5S.C17H14FN3O4S.C11H15FN2.C7H6ClNO4S.C7H7NO5S.CH4.Cl2OS/c1-27-18(24)17-15(3-2-8-20-17)28(25,26)22-10-9-21(16(23)12-22)11-13-4-6-14(19)7-5-13;18-12-5-3-11(4-6-12)10-20-8-9-21-15(17(20)23)16(22)14-13(26(21,24)25)2-1-7-19-14;12-11-3-1-10(2-4-11)9-14-7-5-13-6-8-14;1-13-7(10)6-5(14(8,11)12)3-2-4-9-6;1-13-7(9)6-5(14(10,11)12)3-2-4-8-6;;1-4(2)3/h2-8H,9-12H2,1H3;1-7,22H,8-10H2;1-4,13H,5-9H2;2-4H,1H3;2-4H,1H3,(H,10,11,12);1H4;. The van der Waals surface area contributed by atoms with Crippen LogP contribution in [0.25, 0.3) is 5.76 Å². The number of aliphatic hydroxyl groups is 1. The first-order valence-corrected chi connectivity index (χ1v) is 38.1. The van der Waals surface area contributed by atoms with Gasteiger partial charge in [0.05, 0.1) is 34.4 Å². The highest BCUT2D eigenvalue weighted by Gasteiger charge is 2.45. The van der Waals surface area contributed by atoms with E-state index in [2.05, 4.69) is 65.7 Å². The number of fused-ring (bicyclic) bond motifs is 2. The number of rotatable bonds is 13. The van der Waals surface area contributed by atoms with Crippen LogP contribution < -0.4 is 5.32 Å². The second kappa shape index (κ2) is 37.9. The van der Waals surface area contributed by atoms with E-state index < -0.39 is 88.6 Å². The van der Waals surface area contributed by atoms with Crippen LogP contribution in [-0.2, 0) is 91.9 Å². The van der Waals surface area contributed by atoms with Crippen molar-refractivity contribution in [1.29, 1.82) is 0 Å². The molecule has 40 heteroatoms. The number of amides is 2. The molecule has 0 aliphatic carbocycles. The average molecular weight is 1560 g/mol. The smallest absolute Gasteiger partial charge is 0.358 e. The summed E-state index contributed by atoms with van der Waals surface area (Å²) in [6.45, 7) is 5.68. The third-order valence-electron chi connectivity index (χ3n) is 14.1. The lowest BCUT2D eigenvalue weighted by molar-refractivity contribution is -0.134. The average Bonchev–Trinajstić information content (AvgIpc) is 0.736. The number of benzene rings is 3. The molecule has 0 radical (unpaired) electrons. The summed E-state index contributed by atoms with van der Waals surface area (Å²) < 4.78 is 167. The molecular weight excluding hydrogens is 1500 g/mol. The van der Waals surface area contributed by atoms with Gasteiger partial charge in [-0.2, -0.15) is 12.7 Å². The Hall–Kier alpha value is -8.60. The van der Waals surface area contributed by atoms with Crippen molar-refractivity contribution < 1.29 is 98.9 Å². The molecule has 0 unspecified atom stereocenters. The lowest BCUT2D eigenvalue weighted by Gasteiger charge is -2.39. The Kier molecular flexibility index (Phi) is 31.2. The molecule has 101 heavy (non-hydrogen) atoms. The van der Waals surface area contributed by atoms with E-state index in [9.17, 15) is 75.9 Å². The molecule has 3 aromatic carbocycles. The monoisotopic (exact) mass is 1560 g/mol. The van der Waals surface area contributed by atoms with Crippen LogP contribution in [0.2, 0.25) is 0 Å². The molecule has 4 aliphatic heterocycles. The van der Waals surface area contributed by atoms with Gasteiger partial charge in [-0.3, -0.25) is 28.3 Å². The molecule has 3 saturated heterocycles. The van der Waals surface area contributed by atoms with E-state index in [0.29, 0.717) is 5.56 Å². The van der Waals surface area contributed by atoms with Crippen molar-refractivity contribution in [3.8, 4) is 0 Å². The Labute approximate surface area is 595 Å². The number of hydrogen-bond donors (Lipinski definition) is 3. The molecule has 29 nitrogen and oxygen atoms in total. The van der Waals surface area contributed by atoms with E-state index in [-0.39, 0.29) is 114 Å². The minimum Gasteiger partial charge on any atom is -0.504 e. The highest BCUT2D eigenvalue weighted by Crippen LogP contribution is 2.37. The lowest BCUT2D eigenvalue weighted by Crippen LogP contribution is -2.52. The molecule has 0 atom stereocenters. The second-order valence-electron chi connectivity index (χ2n) is 20.5. The summed E-state index contributed by atoms with van der Waals surface area (Å²) in [6, 6.07) is 28.6. The van der Waals surface area contributed by atoms with Crippen LogP contribution in [0.1, 0.15) is 61.3 Å². The Morgan fingerprint density at radius 2 is 0.980 bits per heavy atom. The van der Waals surface area contributed by atoms with Gasteiger partial charge in [-0.15, -0.1) is 0 Å². The molecule has 2 amide bonds. The minimum absolute atomic E-state index is 0. The van der Waals surface area contributed by atoms with E-state index in [1.807, 2.05) is 12.1 Å². The number of sulfonamides is 2. The summed E-state index contributed by atoms with van der Waals surface area (Å²) in [4.78, 5) is 78.0. The van der Waals surface area contributed by atoms with Gasteiger partial charge in [0.15, 0.2) is 28.5 Å². The van der Waals surface area contributed by atoms with Gasteiger partial charge in [0.2, 0.25) is 25.2 Å². The predicted octanol–water partition coefficient (Wildman–Crippen LogP) is 6.35. The highest BCUT2D eigenvalue weighted by molar-refractivity contribution is 8.26. The van der Waals surface area contributed by atoms with E-state index in [4.69, 9.17) is 19.4 Å². The zero-order valence-electron chi connectivity index (χ0n) is 52.5. The van der Waals surface area contributed by atoms with Crippen LogP contribution in [0.5, 0.6) is 0 Å². The van der Waals surface area contributed by atoms with Crippen LogP contribution in [0.15, 0.2) is 171 Å². The number of nitrogens with one attached hydrogen (secondary N) is 1. The summed E-state index contributed by atoms with van der Waals surface area (Å²) in [7, 11) is -0.704. The van der Waals surface area contributed by atoms with E-state index in [1.165, 1.54) is 119 Å². The quantitative estimate of drug-likeness (QED) is 0.0489. The van der Waals surface area contributed by atoms with Crippen LogP contribution in [0.3, 0.4) is 0 Å². The summed E-state index contributed by atoms with van der Waals surface area (Å²) in [6.07, 6.45) is 5.14. The molecule has 7 aromatic rings. The van der Waals surface area contributed by atoms with Crippen molar-refractivity contribution in [2.24, 2.45) is 0 Å². The second-order valence-corrected chi connectivity index (χ2v) is 30.7. The van der Waals surface area contributed by atoms with Gasteiger partial charge in [0, 0.05) is 122 Å². The number of halogens is 6. The van der Waals surface area contributed by atoms with Gasteiger partial charge < -0.3 is 34.4 Å². The van der Waals surface area contributed by atoms with Crippen LogP contribution >= 0.6 is 32.0 Å². The van der Waals surface area contributed by atoms with Crippen molar-refractivity contribution >= 4 is 116 Å². The fourth-order valence-corrected chi connectivity index (χ4v) is 14.1. The Morgan fingerprint density at radius 1 is 0.584 bits per heavy atom. The molecular formula is C61H64Cl3F3N10O19S5. The number of aliphatic hydroxyl groups excluding tert-OH is 1. The molecule has 4 aliphatic rings. The topological polar surface area (TPSA) is 387 Å². The summed E-state index contributed by atoms with van der Waals surface area (Å²) in [5, 5.41) is 13.8. The lowest BCUT2D eigenvalue weighted by atomic mass is 10.1. The van der Waals surface area contributed by atoms with Crippen molar-refractivity contribution in [1.82, 2.24) is 48.6 Å². The van der Waals surface area contributed by atoms with Gasteiger partial charge in [-0.25, -0.2) is 72.0 Å². The van der Waals surface area contributed by atoms with Crippen molar-refractivity contribution in [3.63, 3.8) is 0 Å². The fraction of sp³-hybridized carbons (Fsp3) is 0.262. The number of methoxy groups -OCH3 is 3. The molecule has 0 bridgehead atoms. The van der Waals surface area contributed by atoms with Crippen LogP contribution in [0.4, 0.5) is 13.2 Å². The molecule has 3 N–H and O–H groups in total. The molecule has 8 heterocycles. The minimum atomic E-state index is -4.45. The first kappa shape index (κ1) is 83.1. The zero-order valence-corrected chi connectivity index (χ0v) is 58.9. The molecule has 11 rings (SSSR count). The molecule has 4 aromatic heterocycles. The number of carbonyl (C=O) groups excluding carboxylic acids is 5. The number of esters is 3. The summed E-state index contributed by atoms with van der Waals surface area (Å²) in [5.41, 5.74) is 1.12. The number of hydrogen-bond acceptors (Lipinski definition) is 24. The van der Waals surface area contributed by atoms with Gasteiger partial charge in [0.1, 0.15) is 42.7 Å². The van der Waals surface area contributed by atoms with E-state index in [1.54, 1.807) is 24.3 Å². The summed E-state index contributed by atoms with van der Waals surface area (Å²) >= 11 is 0. The molecule has 0 saturated carbocycles. The first-order chi connectivity index (χ1) is 47.2. The number of ether oxygens (including phenoxy) is 3. The number of nitrogens with zero attached hydrogens (tertiary/aromatic N) is 9. The van der Waals surface area contributed by atoms with Crippen molar-refractivity contribution in [2.45, 2.75) is 46.6 Å².